The van der Waals surface area contributed by atoms with Crippen molar-refractivity contribution < 1.29 is 14.8 Å². The van der Waals surface area contributed by atoms with E-state index in [0.29, 0.717) is 17.2 Å². The van der Waals surface area contributed by atoms with Gasteiger partial charge in [-0.15, -0.1) is 0 Å². The average Bonchev–Trinajstić information content (AvgIpc) is 2.56. The van der Waals surface area contributed by atoms with Crippen molar-refractivity contribution in [3.63, 3.8) is 0 Å². The third-order valence-corrected chi connectivity index (χ3v) is 3.81. The molecule has 0 saturated heterocycles. The zero-order valence-electron chi connectivity index (χ0n) is 12.2. The SMILES string of the molecule is N#CC(c1ccc(Cl)cc1)C1C([N+](=O)[O-])=CC([N+](=O)[O-])=C[C-]1[N+](=O)[O-]. The van der Waals surface area contributed by atoms with Crippen molar-refractivity contribution >= 4 is 11.6 Å². The Morgan fingerprint density at radius 3 is 2.16 bits per heavy atom. The smallest absolute Gasteiger partial charge is 0.233 e. The van der Waals surface area contributed by atoms with Gasteiger partial charge in [0, 0.05) is 11.1 Å². The Morgan fingerprint density at radius 1 is 1.12 bits per heavy atom. The van der Waals surface area contributed by atoms with E-state index in [1.54, 1.807) is 0 Å². The average molecular weight is 364 g/mol. The highest BCUT2D eigenvalue weighted by Crippen LogP contribution is 2.41. The zero-order valence-corrected chi connectivity index (χ0v) is 13.0. The number of allylic oxidation sites excluding steroid dienone is 1. The quantitative estimate of drug-likeness (QED) is 0.442. The van der Waals surface area contributed by atoms with Gasteiger partial charge in [-0.3, -0.25) is 30.3 Å². The molecular formula is C14H8ClN4O6-. The molecule has 0 radical (unpaired) electrons. The highest BCUT2D eigenvalue weighted by atomic mass is 35.5. The van der Waals surface area contributed by atoms with Gasteiger partial charge in [-0.2, -0.15) is 5.26 Å². The van der Waals surface area contributed by atoms with E-state index in [2.05, 4.69) is 0 Å². The van der Waals surface area contributed by atoms with E-state index in [1.165, 1.54) is 24.3 Å². The van der Waals surface area contributed by atoms with Crippen LogP contribution in [-0.2, 0) is 0 Å². The van der Waals surface area contributed by atoms with Crippen LogP contribution >= 0.6 is 11.6 Å². The van der Waals surface area contributed by atoms with Gasteiger partial charge in [-0.1, -0.05) is 29.8 Å². The van der Waals surface area contributed by atoms with Gasteiger partial charge in [-0.25, -0.2) is 0 Å². The zero-order chi connectivity index (χ0) is 18.7. The van der Waals surface area contributed by atoms with Crippen LogP contribution in [0.5, 0.6) is 0 Å². The van der Waals surface area contributed by atoms with E-state index < -0.39 is 44.0 Å². The molecule has 0 heterocycles. The van der Waals surface area contributed by atoms with Crippen LogP contribution in [-0.4, -0.2) is 14.8 Å². The molecule has 11 heteroatoms. The number of hydrogen-bond donors (Lipinski definition) is 0. The first-order chi connectivity index (χ1) is 11.8. The number of nitriles is 1. The highest BCUT2D eigenvalue weighted by molar-refractivity contribution is 6.30. The maximum atomic E-state index is 11.3. The van der Waals surface area contributed by atoms with Crippen LogP contribution in [0.15, 0.2) is 47.8 Å². The van der Waals surface area contributed by atoms with E-state index >= 15 is 0 Å². The van der Waals surface area contributed by atoms with Crippen molar-refractivity contribution in [1.82, 2.24) is 0 Å². The summed E-state index contributed by atoms with van der Waals surface area (Å²) in [5.41, 5.74) is -1.31. The van der Waals surface area contributed by atoms with Crippen LogP contribution in [0.1, 0.15) is 11.5 Å². The lowest BCUT2D eigenvalue weighted by Gasteiger charge is -2.28. The first kappa shape index (κ1) is 17.9. The number of hydrogen-bond acceptors (Lipinski definition) is 7. The highest BCUT2D eigenvalue weighted by Gasteiger charge is 2.43. The lowest BCUT2D eigenvalue weighted by atomic mass is 9.77. The lowest BCUT2D eigenvalue weighted by molar-refractivity contribution is -0.488. The molecule has 2 unspecified atom stereocenters. The van der Waals surface area contributed by atoms with Crippen LogP contribution in [0.2, 0.25) is 5.02 Å². The molecule has 10 nitrogen and oxygen atoms in total. The summed E-state index contributed by atoms with van der Waals surface area (Å²) in [7, 11) is 0. The minimum absolute atomic E-state index is 0.266. The first-order valence-corrected chi connectivity index (χ1v) is 7.02. The molecule has 1 aromatic rings. The van der Waals surface area contributed by atoms with E-state index in [1.807, 2.05) is 6.07 Å². The largest absolute Gasteiger partial charge is 0.277 e. The molecule has 0 aliphatic heterocycles. The molecule has 1 aliphatic rings. The van der Waals surface area contributed by atoms with E-state index in [4.69, 9.17) is 11.6 Å². The number of nitro groups is 3. The van der Waals surface area contributed by atoms with Crippen LogP contribution < -0.4 is 0 Å². The van der Waals surface area contributed by atoms with E-state index in [9.17, 15) is 35.6 Å². The van der Waals surface area contributed by atoms with Crippen molar-refractivity contribution in [1.29, 1.82) is 5.26 Å². The molecule has 25 heavy (non-hydrogen) atoms. The molecule has 0 saturated carbocycles. The molecule has 2 rings (SSSR count). The minimum atomic E-state index is -1.57. The Morgan fingerprint density at radius 2 is 1.72 bits per heavy atom. The third-order valence-electron chi connectivity index (χ3n) is 3.56. The summed E-state index contributed by atoms with van der Waals surface area (Å²) in [5, 5.41) is 43.4. The number of nitrogens with zero attached hydrogens (tertiary/aromatic N) is 4. The fraction of sp³-hybridized carbons (Fsp3) is 0.143. The van der Waals surface area contributed by atoms with Crippen LogP contribution in [0.4, 0.5) is 0 Å². The Kier molecular flexibility index (Phi) is 5.00. The van der Waals surface area contributed by atoms with Gasteiger partial charge in [0.15, 0.2) is 0 Å². The van der Waals surface area contributed by atoms with Crippen molar-refractivity contribution in [3.8, 4) is 6.07 Å². The molecule has 1 aliphatic carbocycles. The van der Waals surface area contributed by atoms with E-state index in [0.717, 1.165) is 0 Å². The standard InChI is InChI=1S/C14H8ClN4O6/c15-9-3-1-8(2-4-9)11(7-16)14-12(18(22)23)5-10(17(20)21)6-13(14)19(24)25/h1-6,11,14H/q-1. The number of halogens is 1. The normalized spacial score (nSPS) is 17.8. The first-order valence-electron chi connectivity index (χ1n) is 6.64. The van der Waals surface area contributed by atoms with Gasteiger partial charge in [0.1, 0.15) is 11.7 Å². The third kappa shape index (κ3) is 3.56. The molecule has 1 aromatic carbocycles. The molecule has 0 fully saturated rings. The van der Waals surface area contributed by atoms with Crippen molar-refractivity contribution in [2.75, 3.05) is 0 Å². The predicted molar refractivity (Wildman–Crippen MR) is 83.7 cm³/mol. The summed E-state index contributed by atoms with van der Waals surface area (Å²) in [5.74, 6) is -2.86. The summed E-state index contributed by atoms with van der Waals surface area (Å²) >= 11 is 5.76. The predicted octanol–water partition coefficient (Wildman–Crippen LogP) is 2.71. The van der Waals surface area contributed by atoms with Gasteiger partial charge >= 0.3 is 0 Å². The van der Waals surface area contributed by atoms with Crippen LogP contribution in [0, 0.1) is 53.6 Å². The fourth-order valence-electron chi connectivity index (χ4n) is 2.47. The molecule has 0 aromatic heterocycles. The topological polar surface area (TPSA) is 153 Å². The second-order valence-corrected chi connectivity index (χ2v) is 5.41. The van der Waals surface area contributed by atoms with Crippen molar-refractivity contribution in [2.24, 2.45) is 5.92 Å². The lowest BCUT2D eigenvalue weighted by Crippen LogP contribution is -2.32. The number of benzene rings is 1. The monoisotopic (exact) mass is 363 g/mol. The van der Waals surface area contributed by atoms with Gasteiger partial charge in [-0.05, 0) is 27.5 Å². The number of rotatable bonds is 5. The van der Waals surface area contributed by atoms with Crippen molar-refractivity contribution in [3.05, 3.63) is 94.8 Å². The Bertz CT molecular complexity index is 842. The molecule has 0 N–H and O–H groups in total. The second kappa shape index (κ2) is 6.98. The molecule has 2 atom stereocenters. The van der Waals surface area contributed by atoms with Crippen LogP contribution in [0.25, 0.3) is 0 Å². The van der Waals surface area contributed by atoms with Gasteiger partial charge in [0.2, 0.25) is 5.70 Å². The molecule has 0 bridgehead atoms. The van der Waals surface area contributed by atoms with E-state index in [-0.39, 0.29) is 5.56 Å². The Labute approximate surface area is 145 Å². The van der Waals surface area contributed by atoms with Crippen molar-refractivity contribution in [2.45, 2.75) is 5.92 Å². The maximum Gasteiger partial charge on any atom is 0.233 e. The second-order valence-electron chi connectivity index (χ2n) is 4.97. The summed E-state index contributed by atoms with van der Waals surface area (Å²) in [4.78, 5) is 30.7. The summed E-state index contributed by atoms with van der Waals surface area (Å²) < 4.78 is 0. The molecular weight excluding hydrogens is 356 g/mol. The molecule has 0 amide bonds. The van der Waals surface area contributed by atoms with Gasteiger partial charge < -0.3 is 0 Å². The minimum Gasteiger partial charge on any atom is -0.277 e. The maximum absolute atomic E-state index is 11.3. The summed E-state index contributed by atoms with van der Waals surface area (Å²) in [6, 6.07) is 6.72. The molecule has 128 valence electrons. The van der Waals surface area contributed by atoms with Gasteiger partial charge in [0.05, 0.1) is 22.8 Å². The Balaban J connectivity index is 2.61. The Hall–Kier alpha value is -3.45. The van der Waals surface area contributed by atoms with Gasteiger partial charge in [0.25, 0.3) is 0 Å². The fourth-order valence-corrected chi connectivity index (χ4v) is 2.59. The summed E-state index contributed by atoms with van der Waals surface area (Å²) in [6.45, 7) is 0. The van der Waals surface area contributed by atoms with Crippen LogP contribution in [0.3, 0.4) is 0 Å². The molecule has 0 spiro atoms. The summed E-state index contributed by atoms with van der Waals surface area (Å²) in [6.07, 6.45) is 1.27.